The number of amides is 1. The minimum Gasteiger partial charge on any atom is -0.350 e. The smallest absolute Gasteiger partial charge is 0.267 e. The molecular weight excluding hydrogens is 340 g/mol. The Kier molecular flexibility index (Phi) is 4.24. The average molecular weight is 360 g/mol. The standard InChI is InChI=1S/C21H20N4O2/c1-14-7-6-12-25-18(14)23-19-16(21(25)27)13-17(24(19)2)20(26)22-11-10-15-8-4-3-5-9-15/h3-9,12-13H,10-11H2,1-2H3,(H,22,26). The Balaban J connectivity index is 1.66. The predicted molar refractivity (Wildman–Crippen MR) is 105 cm³/mol. The van der Waals surface area contributed by atoms with Gasteiger partial charge in [-0.3, -0.25) is 14.0 Å². The van der Waals surface area contributed by atoms with Crippen molar-refractivity contribution in [2.24, 2.45) is 7.05 Å². The zero-order valence-corrected chi connectivity index (χ0v) is 15.3. The van der Waals surface area contributed by atoms with Crippen molar-refractivity contribution in [3.8, 4) is 0 Å². The maximum Gasteiger partial charge on any atom is 0.267 e. The lowest BCUT2D eigenvalue weighted by atomic mass is 10.1. The molecule has 0 fully saturated rings. The molecule has 6 heteroatoms. The zero-order valence-electron chi connectivity index (χ0n) is 15.3. The van der Waals surface area contributed by atoms with Crippen LogP contribution in [-0.4, -0.2) is 26.4 Å². The molecule has 0 bridgehead atoms. The molecule has 0 aliphatic carbocycles. The molecule has 0 radical (unpaired) electrons. The molecule has 6 nitrogen and oxygen atoms in total. The first-order chi connectivity index (χ1) is 13.1. The normalized spacial score (nSPS) is 11.2. The molecule has 3 aromatic heterocycles. The zero-order chi connectivity index (χ0) is 19.0. The largest absolute Gasteiger partial charge is 0.350 e. The molecule has 0 aliphatic heterocycles. The quantitative estimate of drug-likeness (QED) is 0.608. The molecule has 0 unspecified atom stereocenters. The fraction of sp³-hybridized carbons (Fsp3) is 0.190. The molecule has 27 heavy (non-hydrogen) atoms. The van der Waals surface area contributed by atoms with Crippen LogP contribution >= 0.6 is 0 Å². The van der Waals surface area contributed by atoms with Crippen molar-refractivity contribution in [1.29, 1.82) is 0 Å². The maximum absolute atomic E-state index is 12.8. The lowest BCUT2D eigenvalue weighted by molar-refractivity contribution is 0.0946. The van der Waals surface area contributed by atoms with Crippen LogP contribution < -0.4 is 10.9 Å². The second kappa shape index (κ2) is 6.72. The van der Waals surface area contributed by atoms with Gasteiger partial charge in [-0.25, -0.2) is 4.98 Å². The van der Waals surface area contributed by atoms with Crippen molar-refractivity contribution in [2.45, 2.75) is 13.3 Å². The SMILES string of the molecule is Cc1cccn2c(=O)c3cc(C(=O)NCCc4ccccc4)n(C)c3nc12. The van der Waals surface area contributed by atoms with Crippen LogP contribution in [-0.2, 0) is 13.5 Å². The minimum absolute atomic E-state index is 0.169. The lowest BCUT2D eigenvalue weighted by Gasteiger charge is -2.07. The van der Waals surface area contributed by atoms with Crippen molar-refractivity contribution in [3.63, 3.8) is 0 Å². The summed E-state index contributed by atoms with van der Waals surface area (Å²) in [4.78, 5) is 30.0. The van der Waals surface area contributed by atoms with E-state index in [0.29, 0.717) is 28.9 Å². The third-order valence-corrected chi connectivity index (χ3v) is 4.80. The third-order valence-electron chi connectivity index (χ3n) is 4.80. The number of nitrogens with zero attached hydrogens (tertiary/aromatic N) is 3. The lowest BCUT2D eigenvalue weighted by Crippen LogP contribution is -2.27. The van der Waals surface area contributed by atoms with Gasteiger partial charge in [-0.05, 0) is 36.6 Å². The molecule has 1 N–H and O–H groups in total. The van der Waals surface area contributed by atoms with Crippen molar-refractivity contribution < 1.29 is 4.79 Å². The van der Waals surface area contributed by atoms with Crippen LogP contribution in [0.2, 0.25) is 0 Å². The molecule has 4 rings (SSSR count). The summed E-state index contributed by atoms with van der Waals surface area (Å²) >= 11 is 0. The Bertz CT molecular complexity index is 1210. The topological polar surface area (TPSA) is 68.4 Å². The minimum atomic E-state index is -0.211. The molecule has 0 saturated carbocycles. The molecule has 4 aromatic rings. The summed E-state index contributed by atoms with van der Waals surface area (Å²) in [5.74, 6) is -0.211. The molecule has 0 aliphatic rings. The molecule has 0 spiro atoms. The summed E-state index contributed by atoms with van der Waals surface area (Å²) in [5, 5.41) is 3.36. The van der Waals surface area contributed by atoms with E-state index in [4.69, 9.17) is 0 Å². The summed E-state index contributed by atoms with van der Waals surface area (Å²) in [6.45, 7) is 2.44. The highest BCUT2D eigenvalue weighted by Crippen LogP contribution is 2.16. The van der Waals surface area contributed by atoms with Crippen LogP contribution in [0.3, 0.4) is 0 Å². The van der Waals surface area contributed by atoms with E-state index in [0.717, 1.165) is 17.5 Å². The first-order valence-corrected chi connectivity index (χ1v) is 8.86. The van der Waals surface area contributed by atoms with Gasteiger partial charge < -0.3 is 9.88 Å². The molecule has 1 aromatic carbocycles. The van der Waals surface area contributed by atoms with Gasteiger partial charge >= 0.3 is 0 Å². The highest BCUT2D eigenvalue weighted by Gasteiger charge is 2.17. The first-order valence-electron chi connectivity index (χ1n) is 8.86. The van der Waals surface area contributed by atoms with E-state index < -0.39 is 0 Å². The molecule has 0 saturated heterocycles. The van der Waals surface area contributed by atoms with Crippen LogP contribution in [0.25, 0.3) is 16.7 Å². The number of carbonyl (C=O) groups excluding carboxylic acids is 1. The number of carbonyl (C=O) groups is 1. The van der Waals surface area contributed by atoms with Gasteiger partial charge in [0.25, 0.3) is 11.5 Å². The van der Waals surface area contributed by atoms with Crippen LogP contribution in [0.5, 0.6) is 0 Å². The average Bonchev–Trinajstić information content (AvgIpc) is 3.01. The number of aromatic nitrogens is 3. The van der Waals surface area contributed by atoms with Crippen molar-refractivity contribution in [1.82, 2.24) is 19.3 Å². The van der Waals surface area contributed by atoms with E-state index >= 15 is 0 Å². The van der Waals surface area contributed by atoms with Crippen molar-refractivity contribution >= 4 is 22.6 Å². The van der Waals surface area contributed by atoms with E-state index in [1.807, 2.05) is 49.4 Å². The van der Waals surface area contributed by atoms with Gasteiger partial charge in [-0.15, -0.1) is 0 Å². The Morgan fingerprint density at radius 2 is 1.89 bits per heavy atom. The molecular formula is C21H20N4O2. The van der Waals surface area contributed by atoms with Gasteiger partial charge in [-0.2, -0.15) is 0 Å². The summed E-state index contributed by atoms with van der Waals surface area (Å²) in [6.07, 6.45) is 2.45. The number of rotatable bonds is 4. The Hall–Kier alpha value is -3.41. The van der Waals surface area contributed by atoms with E-state index in [1.54, 1.807) is 23.9 Å². The number of pyridine rings is 1. The fourth-order valence-electron chi connectivity index (χ4n) is 3.30. The van der Waals surface area contributed by atoms with Crippen molar-refractivity contribution in [2.75, 3.05) is 6.54 Å². The van der Waals surface area contributed by atoms with E-state index in [1.165, 1.54) is 4.40 Å². The predicted octanol–water partition coefficient (Wildman–Crippen LogP) is 2.47. The number of aryl methyl sites for hydroxylation is 2. The highest BCUT2D eigenvalue weighted by atomic mass is 16.2. The van der Waals surface area contributed by atoms with Crippen LogP contribution in [0.4, 0.5) is 0 Å². The monoisotopic (exact) mass is 360 g/mol. The van der Waals surface area contributed by atoms with E-state index in [-0.39, 0.29) is 11.5 Å². The van der Waals surface area contributed by atoms with Gasteiger partial charge in [0, 0.05) is 19.8 Å². The molecule has 3 heterocycles. The van der Waals surface area contributed by atoms with Crippen LogP contribution in [0, 0.1) is 6.92 Å². The number of hydrogen-bond donors (Lipinski definition) is 1. The summed E-state index contributed by atoms with van der Waals surface area (Å²) in [6, 6.07) is 15.3. The van der Waals surface area contributed by atoms with Crippen molar-refractivity contribution in [3.05, 3.63) is 81.9 Å². The number of nitrogens with one attached hydrogen (secondary N) is 1. The summed E-state index contributed by atoms with van der Waals surface area (Å²) in [7, 11) is 1.76. The van der Waals surface area contributed by atoms with Gasteiger partial charge in [0.2, 0.25) is 0 Å². The number of fused-ring (bicyclic) bond motifs is 2. The Labute approximate surface area is 156 Å². The van der Waals surface area contributed by atoms with Gasteiger partial charge in [0.15, 0.2) is 0 Å². The van der Waals surface area contributed by atoms with Gasteiger partial charge in [-0.1, -0.05) is 36.4 Å². The van der Waals surface area contributed by atoms with Crippen LogP contribution in [0.1, 0.15) is 21.6 Å². The van der Waals surface area contributed by atoms with Gasteiger partial charge in [0.05, 0.1) is 5.39 Å². The Morgan fingerprint density at radius 3 is 2.67 bits per heavy atom. The maximum atomic E-state index is 12.8. The number of benzene rings is 1. The molecule has 1 amide bonds. The fourth-order valence-corrected chi connectivity index (χ4v) is 3.30. The third kappa shape index (κ3) is 2.99. The summed E-state index contributed by atoms with van der Waals surface area (Å²) < 4.78 is 3.20. The summed E-state index contributed by atoms with van der Waals surface area (Å²) in [5.41, 5.74) is 3.45. The van der Waals surface area contributed by atoms with E-state index in [9.17, 15) is 9.59 Å². The number of hydrogen-bond acceptors (Lipinski definition) is 3. The second-order valence-electron chi connectivity index (χ2n) is 6.62. The second-order valence-corrected chi connectivity index (χ2v) is 6.62. The van der Waals surface area contributed by atoms with E-state index in [2.05, 4.69) is 10.3 Å². The highest BCUT2D eigenvalue weighted by molar-refractivity contribution is 5.98. The first kappa shape index (κ1) is 17.0. The van der Waals surface area contributed by atoms with Crippen LogP contribution in [0.15, 0.2) is 59.5 Å². The Morgan fingerprint density at radius 1 is 1.11 bits per heavy atom. The molecule has 0 atom stereocenters. The molecule has 136 valence electrons. The van der Waals surface area contributed by atoms with Gasteiger partial charge in [0.1, 0.15) is 17.0 Å².